The number of esters is 1. The van der Waals surface area contributed by atoms with Crippen molar-refractivity contribution in [2.75, 3.05) is 13.2 Å². The van der Waals surface area contributed by atoms with E-state index in [-0.39, 0.29) is 19.1 Å². The van der Waals surface area contributed by atoms with Crippen molar-refractivity contribution in [2.45, 2.75) is 13.8 Å². The maximum absolute atomic E-state index is 12.9. The van der Waals surface area contributed by atoms with E-state index in [2.05, 4.69) is 5.32 Å². The minimum atomic E-state index is -0.493. The molecular weight excluding hydrogens is 399 g/mol. The molecule has 1 heterocycles. The zero-order chi connectivity index (χ0) is 20.3. The first-order chi connectivity index (χ1) is 13.4. The predicted octanol–water partition coefficient (Wildman–Crippen LogP) is 4.81. The number of carbonyl (C=O) groups excluding carboxylic acids is 2. The third kappa shape index (κ3) is 4.11. The molecule has 0 saturated heterocycles. The highest BCUT2D eigenvalue weighted by molar-refractivity contribution is 6.36. The van der Waals surface area contributed by atoms with Gasteiger partial charge in [-0.3, -0.25) is 9.59 Å². The van der Waals surface area contributed by atoms with Crippen molar-refractivity contribution in [3.63, 3.8) is 0 Å². The quantitative estimate of drug-likeness (QED) is 0.605. The van der Waals surface area contributed by atoms with Gasteiger partial charge in [0.15, 0.2) is 0 Å². The number of halogens is 2. The van der Waals surface area contributed by atoms with E-state index >= 15 is 0 Å². The van der Waals surface area contributed by atoms with E-state index in [1.165, 1.54) is 0 Å². The average Bonchev–Trinajstić information content (AvgIpc) is 2.66. The molecule has 1 amide bonds. The third-order valence-corrected chi connectivity index (χ3v) is 4.80. The molecule has 1 aromatic heterocycles. The van der Waals surface area contributed by atoms with Crippen LogP contribution in [0.25, 0.3) is 22.2 Å². The molecule has 0 fully saturated rings. The standard InChI is InChI=1S/C21H18Cl2N2O3/c1-3-28-18(26)11-24-21(27)19-12(2)20(14-9-8-13(22)10-16(14)23)25-17-7-5-4-6-15(17)19/h4-10H,3,11H2,1-2H3,(H,24,27). The summed E-state index contributed by atoms with van der Waals surface area (Å²) in [6, 6.07) is 12.5. The lowest BCUT2D eigenvalue weighted by Gasteiger charge is -2.15. The summed E-state index contributed by atoms with van der Waals surface area (Å²) in [5, 5.41) is 4.27. The highest BCUT2D eigenvalue weighted by Gasteiger charge is 2.20. The molecule has 3 aromatic rings. The predicted molar refractivity (Wildman–Crippen MR) is 111 cm³/mol. The zero-order valence-corrected chi connectivity index (χ0v) is 16.9. The van der Waals surface area contributed by atoms with Crippen molar-refractivity contribution in [1.82, 2.24) is 10.3 Å². The van der Waals surface area contributed by atoms with Gasteiger partial charge in [-0.2, -0.15) is 0 Å². The number of rotatable bonds is 5. The van der Waals surface area contributed by atoms with Crippen LogP contribution in [0.5, 0.6) is 0 Å². The Balaban J connectivity index is 2.12. The number of para-hydroxylation sites is 1. The van der Waals surface area contributed by atoms with Crippen LogP contribution in [0, 0.1) is 6.92 Å². The number of carbonyl (C=O) groups is 2. The second-order valence-electron chi connectivity index (χ2n) is 6.09. The Morgan fingerprint density at radius 3 is 2.61 bits per heavy atom. The number of amides is 1. The molecule has 0 atom stereocenters. The lowest BCUT2D eigenvalue weighted by Crippen LogP contribution is -2.31. The van der Waals surface area contributed by atoms with Gasteiger partial charge in [-0.1, -0.05) is 41.4 Å². The van der Waals surface area contributed by atoms with Crippen LogP contribution in [0.2, 0.25) is 10.0 Å². The van der Waals surface area contributed by atoms with E-state index in [0.29, 0.717) is 43.3 Å². The Kier molecular flexibility index (Phi) is 6.17. The number of nitrogens with zero attached hydrogens (tertiary/aromatic N) is 1. The summed E-state index contributed by atoms with van der Waals surface area (Å²) in [4.78, 5) is 29.2. The Bertz CT molecular complexity index is 1070. The topological polar surface area (TPSA) is 68.3 Å². The number of aromatic nitrogens is 1. The fraction of sp³-hybridized carbons (Fsp3) is 0.190. The molecule has 0 radical (unpaired) electrons. The number of pyridine rings is 1. The fourth-order valence-corrected chi connectivity index (χ4v) is 3.49. The average molecular weight is 417 g/mol. The molecular formula is C21H18Cl2N2O3. The van der Waals surface area contributed by atoms with E-state index in [0.717, 1.165) is 0 Å². The Morgan fingerprint density at radius 2 is 1.89 bits per heavy atom. The first-order valence-electron chi connectivity index (χ1n) is 8.71. The molecule has 3 rings (SSSR count). The van der Waals surface area contributed by atoms with Crippen LogP contribution in [0.1, 0.15) is 22.8 Å². The van der Waals surface area contributed by atoms with Crippen LogP contribution in [0.3, 0.4) is 0 Å². The molecule has 0 bridgehead atoms. The molecule has 28 heavy (non-hydrogen) atoms. The first-order valence-corrected chi connectivity index (χ1v) is 9.46. The number of nitrogens with one attached hydrogen (secondary N) is 1. The monoisotopic (exact) mass is 416 g/mol. The molecule has 7 heteroatoms. The van der Waals surface area contributed by atoms with Gasteiger partial charge in [0.25, 0.3) is 5.91 Å². The summed E-state index contributed by atoms with van der Waals surface area (Å²) in [5.41, 5.74) is 3.01. The summed E-state index contributed by atoms with van der Waals surface area (Å²) in [5.74, 6) is -0.872. The SMILES string of the molecule is CCOC(=O)CNC(=O)c1c(C)c(-c2ccc(Cl)cc2Cl)nc2ccccc12. The highest BCUT2D eigenvalue weighted by Crippen LogP contribution is 2.34. The summed E-state index contributed by atoms with van der Waals surface area (Å²) >= 11 is 12.4. The Labute approximate surface area is 172 Å². The number of fused-ring (bicyclic) bond motifs is 1. The van der Waals surface area contributed by atoms with Crippen LogP contribution in [-0.2, 0) is 9.53 Å². The number of benzene rings is 2. The van der Waals surface area contributed by atoms with Gasteiger partial charge in [-0.25, -0.2) is 4.98 Å². The molecule has 144 valence electrons. The van der Waals surface area contributed by atoms with Gasteiger partial charge >= 0.3 is 5.97 Å². The van der Waals surface area contributed by atoms with Crippen LogP contribution in [0.4, 0.5) is 0 Å². The van der Waals surface area contributed by atoms with Crippen molar-refractivity contribution >= 4 is 46.0 Å². The van der Waals surface area contributed by atoms with Crippen molar-refractivity contribution in [3.05, 3.63) is 63.6 Å². The second-order valence-corrected chi connectivity index (χ2v) is 6.93. The molecule has 0 unspecified atom stereocenters. The van der Waals surface area contributed by atoms with E-state index < -0.39 is 5.97 Å². The first kappa shape index (κ1) is 20.1. The van der Waals surface area contributed by atoms with Crippen LogP contribution in [0.15, 0.2) is 42.5 Å². The summed E-state index contributed by atoms with van der Waals surface area (Å²) in [6.07, 6.45) is 0. The Hall–Kier alpha value is -2.63. The zero-order valence-electron chi connectivity index (χ0n) is 15.4. The summed E-state index contributed by atoms with van der Waals surface area (Å²) < 4.78 is 4.87. The lowest BCUT2D eigenvalue weighted by atomic mass is 9.97. The van der Waals surface area contributed by atoms with Crippen LogP contribution in [-0.4, -0.2) is 30.0 Å². The number of hydrogen-bond donors (Lipinski definition) is 1. The van der Waals surface area contributed by atoms with Crippen molar-refractivity contribution in [3.8, 4) is 11.3 Å². The molecule has 5 nitrogen and oxygen atoms in total. The van der Waals surface area contributed by atoms with Crippen LogP contribution >= 0.6 is 23.2 Å². The molecule has 0 aliphatic carbocycles. The van der Waals surface area contributed by atoms with Crippen molar-refractivity contribution in [2.24, 2.45) is 0 Å². The van der Waals surface area contributed by atoms with Gasteiger partial charge in [-0.05, 0) is 43.7 Å². The van der Waals surface area contributed by atoms with E-state index in [9.17, 15) is 9.59 Å². The van der Waals surface area contributed by atoms with E-state index in [1.807, 2.05) is 24.3 Å². The second kappa shape index (κ2) is 8.59. The smallest absolute Gasteiger partial charge is 0.325 e. The molecule has 0 aliphatic rings. The lowest BCUT2D eigenvalue weighted by molar-refractivity contribution is -0.141. The van der Waals surface area contributed by atoms with Gasteiger partial charge < -0.3 is 10.1 Å². The largest absolute Gasteiger partial charge is 0.465 e. The normalized spacial score (nSPS) is 10.7. The van der Waals surface area contributed by atoms with Gasteiger partial charge in [-0.15, -0.1) is 0 Å². The summed E-state index contributed by atoms with van der Waals surface area (Å²) in [6.45, 7) is 3.56. The summed E-state index contributed by atoms with van der Waals surface area (Å²) in [7, 11) is 0. The maximum Gasteiger partial charge on any atom is 0.325 e. The highest BCUT2D eigenvalue weighted by atomic mass is 35.5. The van der Waals surface area contributed by atoms with Gasteiger partial charge in [0.05, 0.1) is 28.4 Å². The molecule has 0 spiro atoms. The van der Waals surface area contributed by atoms with E-state index in [1.54, 1.807) is 32.0 Å². The van der Waals surface area contributed by atoms with Crippen LogP contribution < -0.4 is 5.32 Å². The minimum Gasteiger partial charge on any atom is -0.465 e. The van der Waals surface area contributed by atoms with Crippen molar-refractivity contribution < 1.29 is 14.3 Å². The number of hydrogen-bond acceptors (Lipinski definition) is 4. The molecule has 2 aromatic carbocycles. The Morgan fingerprint density at radius 1 is 1.14 bits per heavy atom. The van der Waals surface area contributed by atoms with Gasteiger partial charge in [0.1, 0.15) is 6.54 Å². The van der Waals surface area contributed by atoms with Crippen molar-refractivity contribution in [1.29, 1.82) is 0 Å². The molecule has 1 N–H and O–H groups in total. The van der Waals surface area contributed by atoms with Gasteiger partial charge in [0.2, 0.25) is 0 Å². The van der Waals surface area contributed by atoms with Gasteiger partial charge in [0, 0.05) is 16.0 Å². The molecule has 0 aliphatic heterocycles. The van der Waals surface area contributed by atoms with E-state index in [4.69, 9.17) is 32.9 Å². The number of ether oxygens (including phenoxy) is 1. The third-order valence-electron chi connectivity index (χ3n) is 4.25. The fourth-order valence-electron chi connectivity index (χ4n) is 3.00. The minimum absolute atomic E-state index is 0.209. The maximum atomic E-state index is 12.9. The molecule has 0 saturated carbocycles.